The summed E-state index contributed by atoms with van der Waals surface area (Å²) in [6.07, 6.45) is 11.0. The fourth-order valence-electron chi connectivity index (χ4n) is 5.39. The average molecular weight is 272 g/mol. The van der Waals surface area contributed by atoms with E-state index >= 15 is 0 Å². The minimum absolute atomic E-state index is 0.0345. The minimum atomic E-state index is -0.0345. The van der Waals surface area contributed by atoms with Gasteiger partial charge in [0.1, 0.15) is 0 Å². The molecule has 1 aromatic heterocycles. The van der Waals surface area contributed by atoms with Crippen LogP contribution in [0.5, 0.6) is 5.75 Å². The Morgan fingerprint density at radius 1 is 1.20 bits per heavy atom. The highest BCUT2D eigenvalue weighted by atomic mass is 16.3. The first kappa shape index (κ1) is 12.4. The molecule has 0 radical (unpaired) electrons. The molecule has 4 bridgehead atoms. The van der Waals surface area contributed by atoms with Crippen molar-refractivity contribution in [3.05, 3.63) is 24.5 Å². The summed E-state index contributed by atoms with van der Waals surface area (Å²) in [5, 5.41) is 9.53. The van der Waals surface area contributed by atoms with Crippen molar-refractivity contribution in [3.63, 3.8) is 0 Å². The molecule has 20 heavy (non-hydrogen) atoms. The number of pyridine rings is 1. The first-order valence-electron chi connectivity index (χ1n) is 7.84. The molecule has 5 rings (SSSR count). The highest BCUT2D eigenvalue weighted by molar-refractivity contribution is 5.84. The lowest BCUT2D eigenvalue weighted by molar-refractivity contribution is -0.685. The summed E-state index contributed by atoms with van der Waals surface area (Å²) in [7, 11) is 0. The predicted octanol–water partition coefficient (Wildman–Crippen LogP) is 2.47. The monoisotopic (exact) mass is 272 g/mol. The molecule has 3 heteroatoms. The SMILES string of the molecule is O=C(C[n+]1cccc(O)c1)C12CC3CC(CC(C3)C1)C2. The molecular weight excluding hydrogens is 250 g/mol. The lowest BCUT2D eigenvalue weighted by atomic mass is 9.48. The van der Waals surface area contributed by atoms with E-state index in [0.717, 1.165) is 37.0 Å². The summed E-state index contributed by atoms with van der Waals surface area (Å²) in [6.45, 7) is 0.417. The minimum Gasteiger partial charge on any atom is -0.503 e. The summed E-state index contributed by atoms with van der Waals surface area (Å²) >= 11 is 0. The number of rotatable bonds is 3. The van der Waals surface area contributed by atoms with Gasteiger partial charge in [-0.3, -0.25) is 4.79 Å². The molecule has 4 aliphatic carbocycles. The van der Waals surface area contributed by atoms with Crippen LogP contribution >= 0.6 is 0 Å². The summed E-state index contributed by atoms with van der Waals surface area (Å²) in [5.74, 6) is 3.04. The Labute approximate surface area is 119 Å². The van der Waals surface area contributed by atoms with Gasteiger partial charge in [0.25, 0.3) is 0 Å². The molecule has 1 N–H and O–H groups in total. The van der Waals surface area contributed by atoms with Gasteiger partial charge in [-0.1, -0.05) is 0 Å². The molecule has 4 fully saturated rings. The number of ketones is 1. The van der Waals surface area contributed by atoms with E-state index in [4.69, 9.17) is 0 Å². The molecule has 106 valence electrons. The van der Waals surface area contributed by atoms with E-state index in [1.807, 2.05) is 10.8 Å². The third-order valence-electron chi connectivity index (χ3n) is 5.80. The summed E-state index contributed by atoms with van der Waals surface area (Å²) in [5.41, 5.74) is -0.0345. The maximum Gasteiger partial charge on any atom is 0.211 e. The van der Waals surface area contributed by atoms with Crippen molar-refractivity contribution in [1.82, 2.24) is 0 Å². The van der Waals surface area contributed by atoms with Crippen LogP contribution in [0.1, 0.15) is 38.5 Å². The lowest BCUT2D eigenvalue weighted by Crippen LogP contribution is -2.53. The highest BCUT2D eigenvalue weighted by Crippen LogP contribution is 2.60. The van der Waals surface area contributed by atoms with E-state index in [0.29, 0.717) is 12.3 Å². The average Bonchev–Trinajstić information content (AvgIpc) is 2.37. The van der Waals surface area contributed by atoms with E-state index in [-0.39, 0.29) is 11.2 Å². The topological polar surface area (TPSA) is 41.2 Å². The van der Waals surface area contributed by atoms with Crippen molar-refractivity contribution in [2.24, 2.45) is 23.2 Å². The number of hydrogen-bond donors (Lipinski definition) is 1. The van der Waals surface area contributed by atoms with Crippen LogP contribution in [0.3, 0.4) is 0 Å². The Morgan fingerprint density at radius 2 is 1.80 bits per heavy atom. The number of Topliss-reactive ketones (excluding diaryl/α,β-unsaturated/α-hetero) is 1. The van der Waals surface area contributed by atoms with Crippen molar-refractivity contribution < 1.29 is 14.5 Å². The van der Waals surface area contributed by atoms with E-state index in [1.54, 1.807) is 18.3 Å². The van der Waals surface area contributed by atoms with E-state index in [2.05, 4.69) is 0 Å². The van der Waals surface area contributed by atoms with Crippen LogP contribution in [0.4, 0.5) is 0 Å². The first-order valence-corrected chi connectivity index (χ1v) is 7.84. The molecule has 4 aliphatic rings. The number of aromatic nitrogens is 1. The van der Waals surface area contributed by atoms with Crippen LogP contribution < -0.4 is 4.57 Å². The van der Waals surface area contributed by atoms with Crippen LogP contribution in [0.15, 0.2) is 24.5 Å². The summed E-state index contributed by atoms with van der Waals surface area (Å²) in [6, 6.07) is 3.44. The normalized spacial score (nSPS) is 38.1. The zero-order valence-electron chi connectivity index (χ0n) is 11.8. The molecule has 0 aliphatic heterocycles. The number of carbonyl (C=O) groups is 1. The lowest BCUT2D eigenvalue weighted by Gasteiger charge is -2.55. The molecular formula is C17H22NO2+. The maximum absolute atomic E-state index is 12.9. The van der Waals surface area contributed by atoms with Gasteiger partial charge in [-0.2, -0.15) is 4.57 Å². The third kappa shape index (κ3) is 1.95. The molecule has 0 amide bonds. The summed E-state index contributed by atoms with van der Waals surface area (Å²) < 4.78 is 1.83. The van der Waals surface area contributed by atoms with Crippen LogP contribution in [0, 0.1) is 23.2 Å². The Balaban J connectivity index is 1.56. The number of hydrogen-bond acceptors (Lipinski definition) is 2. The molecule has 3 nitrogen and oxygen atoms in total. The van der Waals surface area contributed by atoms with Gasteiger partial charge in [0.05, 0.1) is 0 Å². The standard InChI is InChI=1S/C17H21NO2/c19-15-2-1-3-18(10-15)11-16(20)17-7-12-4-13(8-17)6-14(5-12)9-17/h1-3,10,12-14H,4-9,11H2/p+1. The van der Waals surface area contributed by atoms with Crippen molar-refractivity contribution in [2.75, 3.05) is 0 Å². The van der Waals surface area contributed by atoms with Crippen LogP contribution in [-0.2, 0) is 11.3 Å². The number of carbonyl (C=O) groups excluding carboxylic acids is 1. The Hall–Kier alpha value is -1.38. The van der Waals surface area contributed by atoms with Gasteiger partial charge in [0.2, 0.25) is 18.5 Å². The van der Waals surface area contributed by atoms with Crippen molar-refractivity contribution >= 4 is 5.78 Å². The smallest absolute Gasteiger partial charge is 0.211 e. The quantitative estimate of drug-likeness (QED) is 0.859. The second-order valence-corrected chi connectivity index (χ2v) is 7.36. The van der Waals surface area contributed by atoms with Crippen molar-refractivity contribution in [1.29, 1.82) is 0 Å². The van der Waals surface area contributed by atoms with Gasteiger partial charge in [0.15, 0.2) is 11.9 Å². The number of nitrogens with zero attached hydrogens (tertiary/aromatic N) is 1. The van der Waals surface area contributed by atoms with Crippen LogP contribution in [0.25, 0.3) is 0 Å². The van der Waals surface area contributed by atoms with Crippen LogP contribution in [-0.4, -0.2) is 10.9 Å². The second kappa shape index (κ2) is 4.31. The van der Waals surface area contributed by atoms with E-state index < -0.39 is 0 Å². The Bertz CT molecular complexity index is 516. The van der Waals surface area contributed by atoms with Crippen molar-refractivity contribution in [2.45, 2.75) is 45.1 Å². The predicted molar refractivity (Wildman–Crippen MR) is 73.9 cm³/mol. The van der Waals surface area contributed by atoms with Crippen LogP contribution in [0.2, 0.25) is 0 Å². The van der Waals surface area contributed by atoms with Crippen molar-refractivity contribution in [3.8, 4) is 5.75 Å². The van der Waals surface area contributed by atoms with Gasteiger partial charge < -0.3 is 5.11 Å². The summed E-state index contributed by atoms with van der Waals surface area (Å²) in [4.78, 5) is 12.9. The van der Waals surface area contributed by atoms with E-state index in [1.165, 1.54) is 19.3 Å². The highest BCUT2D eigenvalue weighted by Gasteiger charge is 2.54. The zero-order chi connectivity index (χ0) is 13.7. The molecule has 1 heterocycles. The van der Waals surface area contributed by atoms with Gasteiger partial charge in [0, 0.05) is 11.5 Å². The Morgan fingerprint density at radius 3 is 2.35 bits per heavy atom. The first-order chi connectivity index (χ1) is 9.63. The van der Waals surface area contributed by atoms with Gasteiger partial charge in [-0.25, -0.2) is 0 Å². The van der Waals surface area contributed by atoms with Gasteiger partial charge in [-0.15, -0.1) is 0 Å². The molecule has 0 spiro atoms. The fourth-order valence-corrected chi connectivity index (χ4v) is 5.39. The largest absolute Gasteiger partial charge is 0.503 e. The fraction of sp³-hybridized carbons (Fsp3) is 0.647. The van der Waals surface area contributed by atoms with Gasteiger partial charge in [-0.05, 0) is 62.3 Å². The Kier molecular flexibility index (Phi) is 2.66. The molecule has 0 unspecified atom stereocenters. The maximum atomic E-state index is 12.9. The zero-order valence-corrected chi connectivity index (χ0v) is 11.8. The molecule has 4 saturated carbocycles. The third-order valence-corrected chi connectivity index (χ3v) is 5.80. The van der Waals surface area contributed by atoms with E-state index in [9.17, 15) is 9.90 Å². The van der Waals surface area contributed by atoms with Gasteiger partial charge >= 0.3 is 0 Å². The molecule has 0 saturated heterocycles. The molecule has 0 atom stereocenters. The molecule has 0 aromatic carbocycles. The second-order valence-electron chi connectivity index (χ2n) is 7.36. The number of aromatic hydroxyl groups is 1. The molecule has 1 aromatic rings.